The van der Waals surface area contributed by atoms with Crippen LogP contribution in [-0.2, 0) is 9.53 Å². The van der Waals surface area contributed by atoms with Crippen molar-refractivity contribution in [1.29, 1.82) is 0 Å². The second kappa shape index (κ2) is 6.43. The fourth-order valence-corrected chi connectivity index (χ4v) is 2.43. The molecule has 0 unspecified atom stereocenters. The maximum Gasteiger partial charge on any atom is 0.363 e. The van der Waals surface area contributed by atoms with Crippen molar-refractivity contribution in [2.45, 2.75) is 0 Å². The molecule has 0 aliphatic carbocycles. The van der Waals surface area contributed by atoms with E-state index in [1.54, 1.807) is 24.3 Å². The number of benzene rings is 2. The number of hydrogen-bond donors (Lipinski definition) is 0. The summed E-state index contributed by atoms with van der Waals surface area (Å²) in [4.78, 5) is 26.4. The van der Waals surface area contributed by atoms with Crippen LogP contribution in [0.1, 0.15) is 11.1 Å². The van der Waals surface area contributed by atoms with Crippen molar-refractivity contribution in [3.05, 3.63) is 79.4 Å². The Kier molecular flexibility index (Phi) is 4.33. The third-order valence-corrected chi connectivity index (χ3v) is 3.87. The zero-order valence-electron chi connectivity index (χ0n) is 11.9. The fraction of sp³-hybridized carbons (Fsp3) is 0. The minimum absolute atomic E-state index is 0.0134. The monoisotopic (exact) mass is 362 g/mol. The summed E-state index contributed by atoms with van der Waals surface area (Å²) in [5, 5.41) is 11.4. The Hall–Kier alpha value is -2.70. The van der Waals surface area contributed by atoms with E-state index in [1.165, 1.54) is 24.3 Å². The number of cyclic esters (lactones) is 1. The fourth-order valence-electron chi connectivity index (χ4n) is 2.06. The molecule has 0 bridgehead atoms. The molecule has 6 nitrogen and oxygen atoms in total. The minimum Gasteiger partial charge on any atom is -0.402 e. The molecule has 1 heterocycles. The van der Waals surface area contributed by atoms with E-state index in [9.17, 15) is 14.9 Å². The summed E-state index contributed by atoms with van der Waals surface area (Å²) in [6.45, 7) is 0. The number of hydrogen-bond acceptors (Lipinski definition) is 5. The number of ether oxygens (including phenoxy) is 1. The summed E-state index contributed by atoms with van der Waals surface area (Å²) in [5.74, 6) is -0.694. The molecule has 2 aromatic rings. The van der Waals surface area contributed by atoms with Gasteiger partial charge < -0.3 is 4.74 Å². The van der Waals surface area contributed by atoms with Gasteiger partial charge in [-0.25, -0.2) is 9.79 Å². The largest absolute Gasteiger partial charge is 0.402 e. The molecule has 0 saturated heterocycles. The molecule has 0 saturated carbocycles. The lowest BCUT2D eigenvalue weighted by Crippen LogP contribution is -2.06. The molecular weight excluding hydrogens is 355 g/mol. The van der Waals surface area contributed by atoms with Crippen LogP contribution in [-0.4, -0.2) is 16.8 Å². The van der Waals surface area contributed by atoms with Crippen molar-refractivity contribution in [3.63, 3.8) is 0 Å². The number of esters is 1. The second-order valence-corrected chi connectivity index (χ2v) is 5.60. The van der Waals surface area contributed by atoms with Gasteiger partial charge in [0.25, 0.3) is 5.69 Å². The third-order valence-electron chi connectivity index (χ3n) is 3.21. The van der Waals surface area contributed by atoms with Gasteiger partial charge in [0.05, 0.1) is 4.92 Å². The smallest absolute Gasteiger partial charge is 0.363 e. The Bertz CT molecular complexity index is 922. The van der Waals surface area contributed by atoms with Crippen LogP contribution in [0.25, 0.3) is 6.08 Å². The van der Waals surface area contributed by atoms with E-state index >= 15 is 0 Å². The number of carbonyl (C=O) groups excluding carboxylic acids is 1. The van der Waals surface area contributed by atoms with Crippen molar-refractivity contribution < 1.29 is 14.5 Å². The van der Waals surface area contributed by atoms with Gasteiger partial charge in [0.1, 0.15) is 5.02 Å². The molecule has 0 N–H and O–H groups in total. The second-order valence-electron chi connectivity index (χ2n) is 4.78. The van der Waals surface area contributed by atoms with Crippen molar-refractivity contribution in [1.82, 2.24) is 0 Å². The molecule has 24 heavy (non-hydrogen) atoms. The van der Waals surface area contributed by atoms with E-state index in [1.807, 2.05) is 0 Å². The van der Waals surface area contributed by atoms with Gasteiger partial charge in [-0.15, -0.1) is 0 Å². The first kappa shape index (κ1) is 16.2. The van der Waals surface area contributed by atoms with E-state index in [4.69, 9.17) is 27.9 Å². The van der Waals surface area contributed by atoms with Gasteiger partial charge in [0.15, 0.2) is 5.70 Å². The zero-order valence-corrected chi connectivity index (χ0v) is 13.4. The van der Waals surface area contributed by atoms with Crippen LogP contribution < -0.4 is 0 Å². The molecule has 0 aromatic heterocycles. The van der Waals surface area contributed by atoms with Crippen LogP contribution in [0, 0.1) is 10.1 Å². The Morgan fingerprint density at radius 2 is 1.88 bits per heavy atom. The highest BCUT2D eigenvalue weighted by atomic mass is 35.5. The van der Waals surface area contributed by atoms with E-state index in [2.05, 4.69) is 4.99 Å². The van der Waals surface area contributed by atoms with Crippen LogP contribution in [0.5, 0.6) is 0 Å². The average Bonchev–Trinajstić information content (AvgIpc) is 2.91. The number of halogens is 2. The molecular formula is C16H8Cl2N2O4. The summed E-state index contributed by atoms with van der Waals surface area (Å²) in [6, 6.07) is 11.0. The minimum atomic E-state index is -0.664. The maximum absolute atomic E-state index is 12.0. The summed E-state index contributed by atoms with van der Waals surface area (Å²) in [5.41, 5.74) is 0.646. The SMILES string of the molecule is O=C1OC(c2ccc(Cl)c([N+](=O)[O-])c2)=NC1=Cc1ccccc1Cl. The molecule has 8 heteroatoms. The van der Waals surface area contributed by atoms with Crippen LogP contribution >= 0.6 is 23.2 Å². The number of carbonyl (C=O) groups is 1. The van der Waals surface area contributed by atoms with Gasteiger partial charge in [-0.2, -0.15) is 0 Å². The highest BCUT2D eigenvalue weighted by Gasteiger charge is 2.26. The number of aliphatic imine (C=N–C) groups is 1. The first-order chi connectivity index (χ1) is 11.5. The normalized spacial score (nSPS) is 15.3. The lowest BCUT2D eigenvalue weighted by atomic mass is 10.2. The Balaban J connectivity index is 2.00. The summed E-state index contributed by atoms with van der Waals surface area (Å²) in [6.07, 6.45) is 1.49. The molecule has 2 aromatic carbocycles. The van der Waals surface area contributed by atoms with Gasteiger partial charge in [-0.05, 0) is 29.8 Å². The van der Waals surface area contributed by atoms with E-state index < -0.39 is 10.9 Å². The van der Waals surface area contributed by atoms with Crippen molar-refractivity contribution >= 4 is 46.8 Å². The van der Waals surface area contributed by atoms with Gasteiger partial charge in [-0.3, -0.25) is 10.1 Å². The molecule has 0 radical (unpaired) electrons. The Morgan fingerprint density at radius 1 is 1.12 bits per heavy atom. The van der Waals surface area contributed by atoms with Crippen LogP contribution in [0.3, 0.4) is 0 Å². The van der Waals surface area contributed by atoms with Crippen LogP contribution in [0.15, 0.2) is 53.2 Å². The van der Waals surface area contributed by atoms with Gasteiger partial charge >= 0.3 is 5.97 Å². The van der Waals surface area contributed by atoms with Crippen LogP contribution in [0.4, 0.5) is 5.69 Å². The number of nitro benzene ring substituents is 1. The van der Waals surface area contributed by atoms with E-state index in [0.29, 0.717) is 10.6 Å². The molecule has 1 aliphatic rings. The maximum atomic E-state index is 12.0. The highest BCUT2D eigenvalue weighted by molar-refractivity contribution is 6.33. The summed E-state index contributed by atoms with van der Waals surface area (Å²) < 4.78 is 5.08. The lowest BCUT2D eigenvalue weighted by Gasteiger charge is -2.00. The number of rotatable bonds is 3. The zero-order chi connectivity index (χ0) is 17.3. The Morgan fingerprint density at radius 3 is 2.58 bits per heavy atom. The predicted molar refractivity (Wildman–Crippen MR) is 90.2 cm³/mol. The van der Waals surface area contributed by atoms with Crippen molar-refractivity contribution in [3.8, 4) is 0 Å². The third kappa shape index (κ3) is 3.15. The van der Waals surface area contributed by atoms with Crippen molar-refractivity contribution in [2.24, 2.45) is 4.99 Å². The molecule has 0 amide bonds. The summed E-state index contributed by atoms with van der Waals surface area (Å²) in [7, 11) is 0. The molecule has 1 aliphatic heterocycles. The van der Waals surface area contributed by atoms with E-state index in [-0.39, 0.29) is 27.9 Å². The van der Waals surface area contributed by atoms with Crippen LogP contribution in [0.2, 0.25) is 10.0 Å². The van der Waals surface area contributed by atoms with Gasteiger partial charge in [0.2, 0.25) is 5.90 Å². The van der Waals surface area contributed by atoms with Gasteiger partial charge in [0, 0.05) is 16.7 Å². The standard InChI is InChI=1S/C16H8Cl2N2O4/c17-11-4-2-1-3-9(11)7-13-16(21)24-15(19-13)10-5-6-12(18)14(8-10)20(22)23/h1-8H. The lowest BCUT2D eigenvalue weighted by molar-refractivity contribution is -0.384. The van der Waals surface area contributed by atoms with E-state index in [0.717, 1.165) is 0 Å². The molecule has 120 valence electrons. The first-order valence-electron chi connectivity index (χ1n) is 6.67. The quantitative estimate of drug-likeness (QED) is 0.353. The average molecular weight is 363 g/mol. The highest BCUT2D eigenvalue weighted by Crippen LogP contribution is 2.28. The number of nitrogens with zero attached hydrogens (tertiary/aromatic N) is 2. The Labute approximate surface area is 146 Å². The molecule has 3 rings (SSSR count). The topological polar surface area (TPSA) is 81.8 Å². The first-order valence-corrected chi connectivity index (χ1v) is 7.42. The summed E-state index contributed by atoms with van der Waals surface area (Å²) >= 11 is 11.8. The van der Waals surface area contributed by atoms with Crippen molar-refractivity contribution in [2.75, 3.05) is 0 Å². The number of nitro groups is 1. The van der Waals surface area contributed by atoms with Gasteiger partial charge in [-0.1, -0.05) is 41.4 Å². The molecule has 0 spiro atoms. The molecule has 0 atom stereocenters. The molecule has 0 fully saturated rings. The predicted octanol–water partition coefficient (Wildman–Crippen LogP) is 4.25.